The highest BCUT2D eigenvalue weighted by atomic mass is 32.2. The predicted octanol–water partition coefficient (Wildman–Crippen LogP) is 3.17. The lowest BCUT2D eigenvalue weighted by Gasteiger charge is -2.10. The van der Waals surface area contributed by atoms with Gasteiger partial charge >= 0.3 is 0 Å². The van der Waals surface area contributed by atoms with Gasteiger partial charge in [0.15, 0.2) is 0 Å². The molecule has 0 spiro atoms. The highest BCUT2D eigenvalue weighted by Crippen LogP contribution is 2.22. The number of carbonyl (C=O) groups is 2. The van der Waals surface area contributed by atoms with Crippen LogP contribution in [0.15, 0.2) is 83.8 Å². The van der Waals surface area contributed by atoms with Crippen molar-refractivity contribution in [3.05, 3.63) is 95.0 Å². The van der Waals surface area contributed by atoms with Crippen LogP contribution in [0, 0.1) is 0 Å². The maximum absolute atomic E-state index is 12.6. The summed E-state index contributed by atoms with van der Waals surface area (Å²) in [5.41, 5.74) is 6.50. The number of nitrogens with zero attached hydrogens (tertiary/aromatic N) is 1. The molecule has 34 heavy (non-hydrogen) atoms. The Kier molecular flexibility index (Phi) is 7.31. The van der Waals surface area contributed by atoms with Gasteiger partial charge in [-0.2, -0.15) is 0 Å². The Morgan fingerprint density at radius 2 is 1.65 bits per heavy atom. The summed E-state index contributed by atoms with van der Waals surface area (Å²) in [5.74, 6) is -0.991. The third kappa shape index (κ3) is 6.04. The molecule has 3 N–H and O–H groups in total. The smallest absolute Gasteiger partial charge is 0.269 e. The number of thiazole rings is 1. The molecule has 4 aromatic rings. The molecule has 8 nitrogen and oxygen atoms in total. The standard InChI is InChI=1S/C24H22N4O4S2/c29-22(13-14-23-26-20-11-4-5-12-21(20)33-23)27-28-24(30)18-9-6-10-19(15-18)34(31,32)25-16-17-7-2-1-3-8-17/h1-12,15,25H,13-14,16H2,(H,27,29)(H,28,30). The number of amides is 2. The van der Waals surface area contributed by atoms with Gasteiger partial charge in [0, 0.05) is 24.9 Å². The van der Waals surface area contributed by atoms with Crippen LogP contribution in [0.3, 0.4) is 0 Å². The van der Waals surface area contributed by atoms with Crippen molar-refractivity contribution in [2.24, 2.45) is 0 Å². The second-order valence-electron chi connectivity index (χ2n) is 7.42. The summed E-state index contributed by atoms with van der Waals surface area (Å²) in [6.45, 7) is 0.129. The van der Waals surface area contributed by atoms with Crippen LogP contribution in [0.4, 0.5) is 0 Å². The van der Waals surface area contributed by atoms with Crippen LogP contribution in [0.25, 0.3) is 10.2 Å². The summed E-state index contributed by atoms with van der Waals surface area (Å²) >= 11 is 1.53. The van der Waals surface area contributed by atoms with E-state index in [0.29, 0.717) is 6.42 Å². The number of hydrogen-bond acceptors (Lipinski definition) is 6. The predicted molar refractivity (Wildman–Crippen MR) is 130 cm³/mol. The third-order valence-electron chi connectivity index (χ3n) is 4.94. The van der Waals surface area contributed by atoms with Gasteiger partial charge in [0.25, 0.3) is 5.91 Å². The molecule has 3 aromatic carbocycles. The van der Waals surface area contributed by atoms with Crippen LogP contribution < -0.4 is 15.6 Å². The minimum Gasteiger partial charge on any atom is -0.273 e. The number of nitrogens with one attached hydrogen (secondary N) is 3. The number of aryl methyl sites for hydroxylation is 1. The van der Waals surface area contributed by atoms with Gasteiger partial charge in [-0.25, -0.2) is 18.1 Å². The summed E-state index contributed by atoms with van der Waals surface area (Å²) in [5, 5.41) is 0.837. The van der Waals surface area contributed by atoms with Crippen LogP contribution in [0.2, 0.25) is 0 Å². The number of aromatic nitrogens is 1. The van der Waals surface area contributed by atoms with Crippen molar-refractivity contribution in [2.45, 2.75) is 24.3 Å². The van der Waals surface area contributed by atoms with Crippen LogP contribution in [0.5, 0.6) is 0 Å². The van der Waals surface area contributed by atoms with Gasteiger partial charge in [-0.1, -0.05) is 48.5 Å². The molecule has 0 aliphatic heterocycles. The van der Waals surface area contributed by atoms with Crippen molar-refractivity contribution >= 4 is 43.4 Å². The zero-order valence-electron chi connectivity index (χ0n) is 18.0. The number of carbonyl (C=O) groups excluding carboxylic acids is 2. The van der Waals surface area contributed by atoms with Crippen molar-refractivity contribution < 1.29 is 18.0 Å². The molecule has 174 valence electrons. The van der Waals surface area contributed by atoms with E-state index in [-0.39, 0.29) is 29.3 Å². The summed E-state index contributed by atoms with van der Waals surface area (Å²) in [6, 6.07) is 22.5. The van der Waals surface area contributed by atoms with Crippen molar-refractivity contribution in [1.29, 1.82) is 0 Å². The van der Waals surface area contributed by atoms with Crippen LogP contribution in [-0.2, 0) is 27.8 Å². The largest absolute Gasteiger partial charge is 0.273 e. The summed E-state index contributed by atoms with van der Waals surface area (Å²) in [6.07, 6.45) is 0.597. The molecule has 0 saturated carbocycles. The average Bonchev–Trinajstić information content (AvgIpc) is 3.29. The number of fused-ring (bicyclic) bond motifs is 1. The maximum atomic E-state index is 12.6. The van der Waals surface area contributed by atoms with E-state index < -0.39 is 15.9 Å². The lowest BCUT2D eigenvalue weighted by atomic mass is 10.2. The zero-order chi connectivity index (χ0) is 24.0. The van der Waals surface area contributed by atoms with E-state index in [4.69, 9.17) is 0 Å². The first-order valence-corrected chi connectivity index (χ1v) is 12.8. The molecule has 2 amide bonds. The van der Waals surface area contributed by atoms with Gasteiger partial charge in [0.2, 0.25) is 15.9 Å². The van der Waals surface area contributed by atoms with E-state index in [9.17, 15) is 18.0 Å². The van der Waals surface area contributed by atoms with E-state index in [0.717, 1.165) is 20.8 Å². The number of hydrogen-bond donors (Lipinski definition) is 3. The second-order valence-corrected chi connectivity index (χ2v) is 10.3. The Morgan fingerprint density at radius 1 is 0.882 bits per heavy atom. The van der Waals surface area contributed by atoms with Gasteiger partial charge in [-0.15, -0.1) is 11.3 Å². The molecule has 0 saturated heterocycles. The van der Waals surface area contributed by atoms with Gasteiger partial charge in [-0.05, 0) is 35.9 Å². The van der Waals surface area contributed by atoms with E-state index in [1.807, 2.05) is 54.6 Å². The fourth-order valence-corrected chi connectivity index (χ4v) is 5.20. The molecule has 0 unspecified atom stereocenters. The highest BCUT2D eigenvalue weighted by Gasteiger charge is 2.16. The molecule has 1 heterocycles. The molecule has 4 rings (SSSR count). The molecule has 1 aromatic heterocycles. The molecular weight excluding hydrogens is 472 g/mol. The maximum Gasteiger partial charge on any atom is 0.269 e. The quantitative estimate of drug-likeness (QED) is 0.325. The fraction of sp³-hybridized carbons (Fsp3) is 0.125. The Morgan fingerprint density at radius 3 is 2.44 bits per heavy atom. The van der Waals surface area contributed by atoms with Crippen LogP contribution in [0.1, 0.15) is 27.3 Å². The monoisotopic (exact) mass is 494 g/mol. The van der Waals surface area contributed by atoms with Crippen LogP contribution in [-0.4, -0.2) is 25.2 Å². The fourth-order valence-electron chi connectivity index (χ4n) is 3.17. The summed E-state index contributed by atoms with van der Waals surface area (Å²) in [7, 11) is -3.82. The number of para-hydroxylation sites is 1. The normalized spacial score (nSPS) is 11.3. The Balaban J connectivity index is 1.30. The lowest BCUT2D eigenvalue weighted by Crippen LogP contribution is -2.41. The van der Waals surface area contributed by atoms with E-state index in [1.165, 1.54) is 35.6 Å². The second kappa shape index (κ2) is 10.6. The number of benzene rings is 3. The molecule has 0 fully saturated rings. The van der Waals surface area contributed by atoms with Crippen LogP contribution >= 0.6 is 11.3 Å². The minimum atomic E-state index is -3.82. The highest BCUT2D eigenvalue weighted by molar-refractivity contribution is 7.89. The molecule has 0 bridgehead atoms. The molecular formula is C24H22N4O4S2. The Labute approximate surface area is 201 Å². The third-order valence-corrected chi connectivity index (χ3v) is 7.43. The minimum absolute atomic E-state index is 0.0433. The summed E-state index contributed by atoms with van der Waals surface area (Å²) < 4.78 is 28.8. The van der Waals surface area contributed by atoms with Gasteiger partial charge in [-0.3, -0.25) is 20.4 Å². The molecule has 0 aliphatic rings. The summed E-state index contributed by atoms with van der Waals surface area (Å²) in [4.78, 5) is 29.0. The van der Waals surface area contributed by atoms with Crippen molar-refractivity contribution in [2.75, 3.05) is 0 Å². The topological polar surface area (TPSA) is 117 Å². The van der Waals surface area contributed by atoms with E-state index in [2.05, 4.69) is 20.6 Å². The van der Waals surface area contributed by atoms with Gasteiger partial charge < -0.3 is 0 Å². The first-order chi connectivity index (χ1) is 16.4. The van der Waals surface area contributed by atoms with Gasteiger partial charge in [0.05, 0.1) is 20.1 Å². The van der Waals surface area contributed by atoms with Crippen molar-refractivity contribution in [3.8, 4) is 0 Å². The SMILES string of the molecule is O=C(CCc1nc2ccccc2s1)NNC(=O)c1cccc(S(=O)(=O)NCc2ccccc2)c1. The average molecular weight is 495 g/mol. The molecule has 10 heteroatoms. The number of rotatable bonds is 8. The molecule has 0 aliphatic carbocycles. The first-order valence-electron chi connectivity index (χ1n) is 10.5. The Bertz CT molecular complexity index is 1390. The van der Waals surface area contributed by atoms with Crippen molar-refractivity contribution in [3.63, 3.8) is 0 Å². The van der Waals surface area contributed by atoms with E-state index >= 15 is 0 Å². The zero-order valence-corrected chi connectivity index (χ0v) is 19.7. The number of hydrazine groups is 1. The van der Waals surface area contributed by atoms with E-state index in [1.54, 1.807) is 0 Å². The molecule has 0 radical (unpaired) electrons. The lowest BCUT2D eigenvalue weighted by molar-refractivity contribution is -0.121. The van der Waals surface area contributed by atoms with Crippen molar-refractivity contribution in [1.82, 2.24) is 20.6 Å². The Hall–Kier alpha value is -3.60. The number of sulfonamides is 1. The molecule has 0 atom stereocenters. The van der Waals surface area contributed by atoms with Gasteiger partial charge in [0.1, 0.15) is 0 Å². The first kappa shape index (κ1) is 23.6.